The predicted molar refractivity (Wildman–Crippen MR) is 119 cm³/mol. The van der Waals surface area contributed by atoms with Crippen molar-refractivity contribution in [1.29, 1.82) is 0 Å². The zero-order chi connectivity index (χ0) is 20.3. The van der Waals surface area contributed by atoms with E-state index in [2.05, 4.69) is 76.2 Å². The van der Waals surface area contributed by atoms with Gasteiger partial charge in [-0.1, -0.05) is 37.6 Å². The quantitative estimate of drug-likeness (QED) is 0.466. The fraction of sp³-hybridized carbons (Fsp3) is 0.308. The Kier molecular flexibility index (Phi) is 6.08. The summed E-state index contributed by atoms with van der Waals surface area (Å²) in [6.07, 6.45) is 2.23. The van der Waals surface area contributed by atoms with Crippen molar-refractivity contribution in [2.45, 2.75) is 40.5 Å². The first-order valence-corrected chi connectivity index (χ1v) is 9.92. The lowest BCUT2D eigenvalue weighted by molar-refractivity contribution is 0.411. The van der Waals surface area contributed by atoms with Crippen LogP contribution >= 0.6 is 0 Å². The van der Waals surface area contributed by atoms with Crippen LogP contribution < -0.4 is 9.47 Å². The summed E-state index contributed by atoms with van der Waals surface area (Å²) in [6.45, 7) is 8.68. The summed E-state index contributed by atoms with van der Waals surface area (Å²) in [5, 5.41) is 0. The predicted octanol–water partition coefficient (Wildman–Crippen LogP) is 6.92. The van der Waals surface area contributed by atoms with Gasteiger partial charge in [-0.15, -0.1) is 0 Å². The molecule has 0 aliphatic rings. The first-order valence-electron chi connectivity index (χ1n) is 9.92. The summed E-state index contributed by atoms with van der Waals surface area (Å²) < 4.78 is 10.9. The minimum atomic E-state index is 0.921. The summed E-state index contributed by atoms with van der Waals surface area (Å²) >= 11 is 0. The highest BCUT2D eigenvalue weighted by Gasteiger charge is 2.15. The normalized spacial score (nSPS) is 10.8. The van der Waals surface area contributed by atoms with Gasteiger partial charge in [0.2, 0.25) is 0 Å². The van der Waals surface area contributed by atoms with E-state index in [4.69, 9.17) is 9.47 Å². The molecule has 0 amide bonds. The van der Waals surface area contributed by atoms with Gasteiger partial charge in [-0.3, -0.25) is 0 Å². The third-order valence-corrected chi connectivity index (χ3v) is 5.49. The Balaban J connectivity index is 2.24. The molecule has 2 heteroatoms. The second-order valence-corrected chi connectivity index (χ2v) is 7.39. The van der Waals surface area contributed by atoms with E-state index in [1.54, 1.807) is 14.2 Å². The highest BCUT2D eigenvalue weighted by Crippen LogP contribution is 2.39. The molecule has 0 atom stereocenters. The maximum Gasteiger partial charge on any atom is 0.121 e. The Bertz CT molecular complexity index is 986. The summed E-state index contributed by atoms with van der Waals surface area (Å²) in [6, 6.07) is 17.5. The van der Waals surface area contributed by atoms with E-state index < -0.39 is 0 Å². The monoisotopic (exact) mass is 374 g/mol. The molecule has 0 aliphatic carbocycles. The van der Waals surface area contributed by atoms with Crippen molar-refractivity contribution in [3.63, 3.8) is 0 Å². The van der Waals surface area contributed by atoms with Crippen molar-refractivity contribution in [2.75, 3.05) is 14.2 Å². The molecule has 0 spiro atoms. The van der Waals surface area contributed by atoms with E-state index in [0.717, 1.165) is 35.5 Å². The molecular weight excluding hydrogens is 344 g/mol. The molecule has 28 heavy (non-hydrogen) atoms. The van der Waals surface area contributed by atoms with Crippen molar-refractivity contribution in [1.82, 2.24) is 0 Å². The standard InChI is InChI=1S/C26H30O2/c1-7-8-20-9-12-23(21-10-13-24(27-5)17(2)15-21)26(19(20)4)22-11-14-25(28-6)18(3)16-22/h9-16H,7-8H2,1-6H3. The Hall–Kier alpha value is -2.74. The highest BCUT2D eigenvalue weighted by atomic mass is 16.5. The average molecular weight is 375 g/mol. The number of hydrogen-bond donors (Lipinski definition) is 0. The molecule has 0 N–H and O–H groups in total. The third-order valence-electron chi connectivity index (χ3n) is 5.49. The number of ether oxygens (including phenoxy) is 2. The Morgan fingerprint density at radius 2 is 1.29 bits per heavy atom. The van der Waals surface area contributed by atoms with E-state index >= 15 is 0 Å². The Morgan fingerprint density at radius 3 is 1.82 bits per heavy atom. The number of hydrogen-bond acceptors (Lipinski definition) is 2. The molecule has 0 aliphatic heterocycles. The lowest BCUT2D eigenvalue weighted by atomic mass is 9.86. The molecule has 0 saturated heterocycles. The molecule has 0 aromatic heterocycles. The largest absolute Gasteiger partial charge is 0.496 e. The van der Waals surface area contributed by atoms with Gasteiger partial charge < -0.3 is 9.47 Å². The Morgan fingerprint density at radius 1 is 0.714 bits per heavy atom. The molecular formula is C26H30O2. The van der Waals surface area contributed by atoms with E-state index in [1.165, 1.54) is 33.4 Å². The van der Waals surface area contributed by atoms with Crippen LogP contribution in [0.4, 0.5) is 0 Å². The van der Waals surface area contributed by atoms with E-state index in [0.29, 0.717) is 0 Å². The van der Waals surface area contributed by atoms with Gasteiger partial charge in [0.1, 0.15) is 11.5 Å². The van der Waals surface area contributed by atoms with Crippen molar-refractivity contribution >= 4 is 0 Å². The van der Waals surface area contributed by atoms with E-state index in [1.807, 2.05) is 0 Å². The van der Waals surface area contributed by atoms with Crippen LogP contribution in [0, 0.1) is 20.8 Å². The molecule has 0 bridgehead atoms. The molecule has 146 valence electrons. The lowest BCUT2D eigenvalue weighted by Crippen LogP contribution is -1.97. The minimum absolute atomic E-state index is 0.921. The molecule has 3 aromatic rings. The Labute approximate surface area is 169 Å². The van der Waals surface area contributed by atoms with Gasteiger partial charge in [-0.05, 0) is 96.0 Å². The molecule has 0 saturated carbocycles. The van der Waals surface area contributed by atoms with Crippen molar-refractivity contribution in [3.05, 3.63) is 70.8 Å². The molecule has 0 heterocycles. The number of methoxy groups -OCH3 is 2. The van der Waals surface area contributed by atoms with E-state index in [9.17, 15) is 0 Å². The zero-order valence-corrected chi connectivity index (χ0v) is 17.8. The first-order chi connectivity index (χ1) is 13.5. The molecule has 0 fully saturated rings. The minimum Gasteiger partial charge on any atom is -0.496 e. The average Bonchev–Trinajstić information content (AvgIpc) is 2.69. The topological polar surface area (TPSA) is 18.5 Å². The van der Waals surface area contributed by atoms with E-state index in [-0.39, 0.29) is 0 Å². The van der Waals surface area contributed by atoms with Crippen molar-refractivity contribution in [3.8, 4) is 33.8 Å². The van der Waals surface area contributed by atoms with Crippen LogP contribution in [0.1, 0.15) is 35.6 Å². The molecule has 3 aromatic carbocycles. The summed E-state index contributed by atoms with van der Waals surface area (Å²) in [4.78, 5) is 0. The van der Waals surface area contributed by atoms with Crippen molar-refractivity contribution < 1.29 is 9.47 Å². The van der Waals surface area contributed by atoms with Crippen molar-refractivity contribution in [2.24, 2.45) is 0 Å². The third kappa shape index (κ3) is 3.77. The second kappa shape index (κ2) is 8.52. The summed E-state index contributed by atoms with van der Waals surface area (Å²) in [5.74, 6) is 1.85. The van der Waals surface area contributed by atoms with Gasteiger partial charge in [-0.2, -0.15) is 0 Å². The fourth-order valence-electron chi connectivity index (χ4n) is 3.99. The van der Waals surface area contributed by atoms with Crippen LogP contribution in [0.25, 0.3) is 22.3 Å². The van der Waals surface area contributed by atoms with Crippen LogP contribution in [0.5, 0.6) is 11.5 Å². The molecule has 3 rings (SSSR count). The van der Waals surface area contributed by atoms with Gasteiger partial charge in [0.25, 0.3) is 0 Å². The smallest absolute Gasteiger partial charge is 0.121 e. The first kappa shape index (κ1) is 20.0. The number of rotatable bonds is 6. The highest BCUT2D eigenvalue weighted by molar-refractivity contribution is 5.87. The zero-order valence-electron chi connectivity index (χ0n) is 17.8. The van der Waals surface area contributed by atoms with Crippen LogP contribution in [0.3, 0.4) is 0 Å². The number of aryl methyl sites for hydroxylation is 3. The SMILES string of the molecule is CCCc1ccc(-c2ccc(OC)c(C)c2)c(-c2ccc(OC)c(C)c2)c1C. The van der Waals surface area contributed by atoms with Gasteiger partial charge in [0.05, 0.1) is 14.2 Å². The maximum absolute atomic E-state index is 5.47. The maximum atomic E-state index is 5.47. The number of benzene rings is 3. The fourth-order valence-corrected chi connectivity index (χ4v) is 3.99. The summed E-state index contributed by atoms with van der Waals surface area (Å²) in [5.41, 5.74) is 10.1. The van der Waals surface area contributed by atoms with Gasteiger partial charge in [0.15, 0.2) is 0 Å². The van der Waals surface area contributed by atoms with Crippen LogP contribution in [-0.2, 0) is 6.42 Å². The second-order valence-electron chi connectivity index (χ2n) is 7.39. The lowest BCUT2D eigenvalue weighted by Gasteiger charge is -2.19. The van der Waals surface area contributed by atoms with Gasteiger partial charge >= 0.3 is 0 Å². The van der Waals surface area contributed by atoms with Crippen LogP contribution in [0.15, 0.2) is 48.5 Å². The molecule has 0 unspecified atom stereocenters. The summed E-state index contributed by atoms with van der Waals surface area (Å²) in [7, 11) is 3.44. The van der Waals surface area contributed by atoms with Gasteiger partial charge in [0, 0.05) is 0 Å². The molecule has 0 radical (unpaired) electrons. The van der Waals surface area contributed by atoms with Crippen LogP contribution in [-0.4, -0.2) is 14.2 Å². The molecule has 2 nitrogen and oxygen atoms in total. The van der Waals surface area contributed by atoms with Crippen LogP contribution in [0.2, 0.25) is 0 Å². The van der Waals surface area contributed by atoms with Gasteiger partial charge in [-0.25, -0.2) is 0 Å².